The molecule has 3 heteroatoms. The Morgan fingerprint density at radius 3 is 1.33 bits per heavy atom. The first kappa shape index (κ1) is 31.1. The summed E-state index contributed by atoms with van der Waals surface area (Å²) in [4.78, 5) is 0. The third kappa shape index (κ3) is 10.6. The molecule has 3 aromatic carbocycles. The Morgan fingerprint density at radius 2 is 0.923 bits per heavy atom. The second-order valence-electron chi connectivity index (χ2n) is 10.7. The van der Waals surface area contributed by atoms with Crippen LogP contribution in [0.25, 0.3) is 0 Å². The molecular weight excluding hydrogens is 480 g/mol. The van der Waals surface area contributed by atoms with Crippen LogP contribution in [0.1, 0.15) is 101 Å². The van der Waals surface area contributed by atoms with Gasteiger partial charge in [0.2, 0.25) is 0 Å². The van der Waals surface area contributed by atoms with Crippen LogP contribution >= 0.6 is 0 Å². The zero-order valence-electron chi connectivity index (χ0n) is 24.1. The van der Waals surface area contributed by atoms with Crippen LogP contribution in [0.5, 0.6) is 0 Å². The molecule has 0 bridgehead atoms. The number of ether oxygens (including phenoxy) is 2. The summed E-state index contributed by atoms with van der Waals surface area (Å²) in [5.41, 5.74) is 2.28. The van der Waals surface area contributed by atoms with Gasteiger partial charge in [0, 0.05) is 6.61 Å². The van der Waals surface area contributed by atoms with Gasteiger partial charge in [-0.2, -0.15) is 0 Å². The highest BCUT2D eigenvalue weighted by molar-refractivity contribution is 5.47. The minimum Gasteiger partial charge on any atom is -0.388 e. The minimum absolute atomic E-state index is 0.178. The second-order valence-corrected chi connectivity index (χ2v) is 10.7. The second kappa shape index (κ2) is 18.8. The molecule has 0 amide bonds. The summed E-state index contributed by atoms with van der Waals surface area (Å²) < 4.78 is 12.5. The molecule has 3 nitrogen and oxygen atoms in total. The van der Waals surface area contributed by atoms with Crippen LogP contribution in [0, 0.1) is 0 Å². The molecule has 1 N–H and O–H groups in total. The molecule has 0 aliphatic rings. The van der Waals surface area contributed by atoms with Gasteiger partial charge in [-0.3, -0.25) is 0 Å². The molecule has 0 radical (unpaired) electrons. The molecule has 39 heavy (non-hydrogen) atoms. The van der Waals surface area contributed by atoms with E-state index in [-0.39, 0.29) is 13.2 Å². The van der Waals surface area contributed by atoms with Crippen LogP contribution in [-0.2, 0) is 15.1 Å². The van der Waals surface area contributed by atoms with Gasteiger partial charge >= 0.3 is 0 Å². The lowest BCUT2D eigenvalue weighted by Crippen LogP contribution is -2.36. The lowest BCUT2D eigenvalue weighted by molar-refractivity contribution is -0.0641. The Balaban J connectivity index is 1.42. The zero-order valence-corrected chi connectivity index (χ0v) is 24.1. The van der Waals surface area contributed by atoms with Gasteiger partial charge in [-0.15, -0.1) is 0 Å². The van der Waals surface area contributed by atoms with E-state index in [0.717, 1.165) is 23.1 Å². The van der Waals surface area contributed by atoms with Gasteiger partial charge in [-0.05, 0) is 23.1 Å². The normalized spacial score (nSPS) is 12.5. The number of hydrogen-bond donors (Lipinski definition) is 1. The van der Waals surface area contributed by atoms with E-state index in [4.69, 9.17) is 9.47 Å². The van der Waals surface area contributed by atoms with Crippen LogP contribution < -0.4 is 0 Å². The van der Waals surface area contributed by atoms with Crippen molar-refractivity contribution in [3.63, 3.8) is 0 Å². The lowest BCUT2D eigenvalue weighted by Gasteiger charge is -2.36. The highest BCUT2D eigenvalue weighted by atomic mass is 16.5. The summed E-state index contributed by atoms with van der Waals surface area (Å²) >= 11 is 0. The standard InChI is InChI=1S/C36H50O3/c1-2-3-4-5-6-7-8-9-10-11-12-22-29-38-30-35(37)31-39-36(32-23-16-13-17-24-32,33-25-18-14-19-26-33)34-27-20-15-21-28-34/h13-21,23-28,35,37H,2-12,22,29-31H2,1H3/t35-/m1/s1. The van der Waals surface area contributed by atoms with E-state index in [1.54, 1.807) is 0 Å². The van der Waals surface area contributed by atoms with Crippen molar-refractivity contribution >= 4 is 0 Å². The lowest BCUT2D eigenvalue weighted by atomic mass is 9.80. The molecular formula is C36H50O3. The average molecular weight is 531 g/mol. The van der Waals surface area contributed by atoms with Gasteiger partial charge in [0.05, 0.1) is 13.2 Å². The van der Waals surface area contributed by atoms with E-state index < -0.39 is 11.7 Å². The predicted octanol–water partition coefficient (Wildman–Crippen LogP) is 9.07. The van der Waals surface area contributed by atoms with Crippen molar-refractivity contribution in [3.05, 3.63) is 108 Å². The van der Waals surface area contributed by atoms with E-state index in [0.29, 0.717) is 6.61 Å². The van der Waals surface area contributed by atoms with Crippen molar-refractivity contribution in [1.29, 1.82) is 0 Å². The molecule has 0 heterocycles. The van der Waals surface area contributed by atoms with E-state index in [2.05, 4.69) is 43.3 Å². The van der Waals surface area contributed by atoms with Crippen LogP contribution in [0.15, 0.2) is 91.0 Å². The maximum Gasteiger partial charge on any atom is 0.143 e. The van der Waals surface area contributed by atoms with E-state index in [9.17, 15) is 5.11 Å². The number of unbranched alkanes of at least 4 members (excludes halogenated alkanes) is 11. The number of benzene rings is 3. The molecule has 0 aromatic heterocycles. The first-order valence-electron chi connectivity index (χ1n) is 15.3. The molecule has 1 atom stereocenters. The summed E-state index contributed by atoms with van der Waals surface area (Å²) in [5.74, 6) is 0. The Morgan fingerprint density at radius 1 is 0.538 bits per heavy atom. The van der Waals surface area contributed by atoms with Crippen molar-refractivity contribution in [1.82, 2.24) is 0 Å². The Hall–Kier alpha value is -2.46. The molecule has 3 rings (SSSR count). The highest BCUT2D eigenvalue weighted by Crippen LogP contribution is 2.40. The molecule has 0 fully saturated rings. The number of rotatable bonds is 21. The largest absolute Gasteiger partial charge is 0.388 e. The van der Waals surface area contributed by atoms with Gasteiger partial charge < -0.3 is 14.6 Å². The molecule has 0 saturated carbocycles. The summed E-state index contributed by atoms with van der Waals surface area (Å²) in [6, 6.07) is 30.8. The molecule has 0 saturated heterocycles. The van der Waals surface area contributed by atoms with Gasteiger partial charge in [0.15, 0.2) is 0 Å². The number of aliphatic hydroxyl groups is 1. The number of aliphatic hydroxyl groups excluding tert-OH is 1. The minimum atomic E-state index is -0.819. The first-order valence-corrected chi connectivity index (χ1v) is 15.3. The third-order valence-corrected chi connectivity index (χ3v) is 7.49. The molecule has 0 unspecified atom stereocenters. The molecule has 212 valence electrons. The van der Waals surface area contributed by atoms with Crippen molar-refractivity contribution < 1.29 is 14.6 Å². The molecule has 3 aromatic rings. The van der Waals surface area contributed by atoms with E-state index >= 15 is 0 Å². The van der Waals surface area contributed by atoms with Crippen LogP contribution in [-0.4, -0.2) is 31.0 Å². The molecule has 0 spiro atoms. The fraction of sp³-hybridized carbons (Fsp3) is 0.500. The van der Waals surface area contributed by atoms with Crippen molar-refractivity contribution in [2.75, 3.05) is 19.8 Å². The smallest absolute Gasteiger partial charge is 0.143 e. The Kier molecular flexibility index (Phi) is 14.9. The van der Waals surface area contributed by atoms with Gasteiger partial charge in [-0.25, -0.2) is 0 Å². The van der Waals surface area contributed by atoms with Gasteiger partial charge in [-0.1, -0.05) is 169 Å². The fourth-order valence-corrected chi connectivity index (χ4v) is 5.30. The summed E-state index contributed by atoms with van der Waals surface area (Å²) in [7, 11) is 0. The Labute approximate surface area is 237 Å². The zero-order chi connectivity index (χ0) is 27.4. The van der Waals surface area contributed by atoms with Crippen LogP contribution in [0.4, 0.5) is 0 Å². The van der Waals surface area contributed by atoms with E-state index in [1.807, 2.05) is 54.6 Å². The van der Waals surface area contributed by atoms with Crippen molar-refractivity contribution in [2.45, 2.75) is 95.7 Å². The summed E-state index contributed by atoms with van der Waals surface area (Å²) in [5, 5.41) is 10.8. The fourth-order valence-electron chi connectivity index (χ4n) is 5.30. The average Bonchev–Trinajstić information content (AvgIpc) is 2.99. The summed E-state index contributed by atoms with van der Waals surface area (Å²) in [6.07, 6.45) is 15.2. The van der Waals surface area contributed by atoms with Crippen molar-refractivity contribution in [2.24, 2.45) is 0 Å². The van der Waals surface area contributed by atoms with Crippen molar-refractivity contribution in [3.8, 4) is 0 Å². The Bertz CT molecular complexity index is 877. The number of hydrogen-bond acceptors (Lipinski definition) is 3. The van der Waals surface area contributed by atoms with Crippen LogP contribution in [0.2, 0.25) is 0 Å². The topological polar surface area (TPSA) is 38.7 Å². The van der Waals surface area contributed by atoms with E-state index in [1.165, 1.54) is 70.6 Å². The summed E-state index contributed by atoms with van der Waals surface area (Å²) in [6.45, 7) is 3.43. The van der Waals surface area contributed by atoms with Gasteiger partial charge in [0.1, 0.15) is 11.7 Å². The maximum atomic E-state index is 10.8. The third-order valence-electron chi connectivity index (χ3n) is 7.49. The molecule has 0 aliphatic carbocycles. The first-order chi connectivity index (χ1) is 19.3. The van der Waals surface area contributed by atoms with Gasteiger partial charge in [0.25, 0.3) is 0 Å². The highest BCUT2D eigenvalue weighted by Gasteiger charge is 2.38. The molecule has 0 aliphatic heterocycles. The quantitative estimate of drug-likeness (QED) is 0.110. The predicted molar refractivity (Wildman–Crippen MR) is 163 cm³/mol. The monoisotopic (exact) mass is 530 g/mol. The van der Waals surface area contributed by atoms with Crippen LogP contribution in [0.3, 0.4) is 0 Å². The maximum absolute atomic E-state index is 10.8. The SMILES string of the molecule is CCCCCCCCCCCCCCOC[C@@H](O)COC(c1ccccc1)(c1ccccc1)c1ccccc1.